The van der Waals surface area contributed by atoms with Crippen LogP contribution in [0.4, 0.5) is 10.5 Å². The molecular formula is C22H27N3O4. The third-order valence-electron chi connectivity index (χ3n) is 4.87. The summed E-state index contributed by atoms with van der Waals surface area (Å²) in [4.78, 5) is 24.0. The molecule has 1 saturated carbocycles. The van der Waals surface area contributed by atoms with Crippen molar-refractivity contribution >= 4 is 17.6 Å². The third kappa shape index (κ3) is 5.63. The Bertz CT molecular complexity index is 863. The Labute approximate surface area is 170 Å². The molecule has 0 bridgehead atoms. The molecule has 7 nitrogen and oxygen atoms in total. The van der Waals surface area contributed by atoms with Crippen molar-refractivity contribution in [2.45, 2.75) is 32.4 Å². The number of amides is 3. The number of hydrogen-bond donors (Lipinski definition) is 3. The normalized spacial score (nSPS) is 13.9. The second kappa shape index (κ2) is 9.32. The molecule has 0 unspecified atom stereocenters. The molecular weight excluding hydrogens is 370 g/mol. The van der Waals surface area contributed by atoms with E-state index in [4.69, 9.17) is 9.47 Å². The molecule has 0 aliphatic heterocycles. The largest absolute Gasteiger partial charge is 0.493 e. The number of hydrogen-bond acceptors (Lipinski definition) is 4. The van der Waals surface area contributed by atoms with Crippen molar-refractivity contribution in [2.24, 2.45) is 5.92 Å². The van der Waals surface area contributed by atoms with Crippen LogP contribution in [0.1, 0.15) is 36.9 Å². The second-order valence-corrected chi connectivity index (χ2v) is 7.12. The molecule has 2 aromatic carbocycles. The van der Waals surface area contributed by atoms with Gasteiger partial charge in [-0.25, -0.2) is 4.79 Å². The number of carbonyl (C=O) groups is 2. The molecule has 0 spiro atoms. The fourth-order valence-electron chi connectivity index (χ4n) is 2.95. The van der Waals surface area contributed by atoms with Gasteiger partial charge in [0.15, 0.2) is 11.5 Å². The van der Waals surface area contributed by atoms with Crippen LogP contribution < -0.4 is 25.4 Å². The lowest BCUT2D eigenvalue weighted by molar-refractivity contribution is -0.117. The predicted molar refractivity (Wildman–Crippen MR) is 111 cm³/mol. The second-order valence-electron chi connectivity index (χ2n) is 7.12. The minimum atomic E-state index is -0.265. The van der Waals surface area contributed by atoms with E-state index in [9.17, 15) is 9.59 Å². The number of ether oxygens (including phenoxy) is 2. The SMILES string of the molecule is COc1ccc(CNC(=O)N[C@H](C)c2ccc(NC(=O)C3CC3)cc2)cc1OC. The Kier molecular flexibility index (Phi) is 6.59. The Morgan fingerprint density at radius 3 is 2.34 bits per heavy atom. The smallest absolute Gasteiger partial charge is 0.315 e. The van der Waals surface area contributed by atoms with Gasteiger partial charge in [-0.3, -0.25) is 4.79 Å². The molecule has 29 heavy (non-hydrogen) atoms. The van der Waals surface area contributed by atoms with Crippen LogP contribution in [0, 0.1) is 5.92 Å². The Morgan fingerprint density at radius 1 is 1.03 bits per heavy atom. The topological polar surface area (TPSA) is 88.7 Å². The maximum absolute atomic E-state index is 12.2. The minimum Gasteiger partial charge on any atom is -0.493 e. The van der Waals surface area contributed by atoms with Gasteiger partial charge in [0.2, 0.25) is 5.91 Å². The lowest BCUT2D eigenvalue weighted by Crippen LogP contribution is -2.36. The molecule has 3 N–H and O–H groups in total. The van der Waals surface area contributed by atoms with Crippen LogP contribution in [0.2, 0.25) is 0 Å². The summed E-state index contributed by atoms with van der Waals surface area (Å²) in [5, 5.41) is 8.66. The van der Waals surface area contributed by atoms with Crippen LogP contribution in [0.15, 0.2) is 42.5 Å². The number of anilines is 1. The Hall–Kier alpha value is -3.22. The van der Waals surface area contributed by atoms with E-state index in [1.807, 2.05) is 43.3 Å². The molecule has 3 amide bonds. The van der Waals surface area contributed by atoms with Crippen molar-refractivity contribution in [3.05, 3.63) is 53.6 Å². The van der Waals surface area contributed by atoms with E-state index >= 15 is 0 Å². The minimum absolute atomic E-state index is 0.0819. The van der Waals surface area contributed by atoms with Crippen LogP contribution >= 0.6 is 0 Å². The van der Waals surface area contributed by atoms with Gasteiger partial charge in [-0.15, -0.1) is 0 Å². The van der Waals surface area contributed by atoms with Crippen LogP contribution in [-0.4, -0.2) is 26.2 Å². The monoisotopic (exact) mass is 397 g/mol. The highest BCUT2D eigenvalue weighted by molar-refractivity contribution is 5.94. The average Bonchev–Trinajstić information content (AvgIpc) is 3.58. The summed E-state index contributed by atoms with van der Waals surface area (Å²) in [7, 11) is 3.16. The van der Waals surface area contributed by atoms with E-state index in [1.165, 1.54) is 0 Å². The molecule has 7 heteroatoms. The summed E-state index contributed by atoms with van der Waals surface area (Å²) in [6.45, 7) is 2.28. The zero-order chi connectivity index (χ0) is 20.8. The van der Waals surface area contributed by atoms with E-state index in [-0.39, 0.29) is 23.9 Å². The first-order valence-electron chi connectivity index (χ1n) is 9.66. The summed E-state index contributed by atoms with van der Waals surface area (Å²) in [5.74, 6) is 1.52. The van der Waals surface area contributed by atoms with Gasteiger partial charge in [-0.05, 0) is 55.2 Å². The summed E-state index contributed by atoms with van der Waals surface area (Å²) < 4.78 is 10.5. The fraction of sp³-hybridized carbons (Fsp3) is 0.364. The summed E-state index contributed by atoms with van der Waals surface area (Å²) in [5.41, 5.74) is 2.63. The van der Waals surface area contributed by atoms with E-state index in [0.29, 0.717) is 18.0 Å². The van der Waals surface area contributed by atoms with Gasteiger partial charge in [0.25, 0.3) is 0 Å². The summed E-state index contributed by atoms with van der Waals surface area (Å²) in [6, 6.07) is 12.6. The van der Waals surface area contributed by atoms with Crippen molar-refractivity contribution in [1.82, 2.24) is 10.6 Å². The van der Waals surface area contributed by atoms with Crippen molar-refractivity contribution in [3.8, 4) is 11.5 Å². The van der Waals surface area contributed by atoms with E-state index in [0.717, 1.165) is 29.7 Å². The van der Waals surface area contributed by atoms with Gasteiger partial charge >= 0.3 is 6.03 Å². The van der Waals surface area contributed by atoms with E-state index in [2.05, 4.69) is 16.0 Å². The molecule has 0 heterocycles. The van der Waals surface area contributed by atoms with Crippen LogP contribution in [0.3, 0.4) is 0 Å². The third-order valence-corrected chi connectivity index (χ3v) is 4.87. The maximum Gasteiger partial charge on any atom is 0.315 e. The first kappa shape index (κ1) is 20.5. The van der Waals surface area contributed by atoms with Crippen LogP contribution in [0.25, 0.3) is 0 Å². The molecule has 154 valence electrons. The van der Waals surface area contributed by atoms with Crippen LogP contribution in [0.5, 0.6) is 11.5 Å². The molecule has 2 aromatic rings. The molecule has 0 radical (unpaired) electrons. The van der Waals surface area contributed by atoms with Crippen molar-refractivity contribution in [1.29, 1.82) is 0 Å². The Morgan fingerprint density at radius 2 is 1.72 bits per heavy atom. The fourth-order valence-corrected chi connectivity index (χ4v) is 2.95. The van der Waals surface area contributed by atoms with E-state index < -0.39 is 0 Å². The molecule has 1 aliphatic rings. The zero-order valence-electron chi connectivity index (χ0n) is 17.0. The molecule has 3 rings (SSSR count). The number of methoxy groups -OCH3 is 2. The van der Waals surface area contributed by atoms with Crippen LogP contribution in [-0.2, 0) is 11.3 Å². The number of rotatable bonds is 8. The number of benzene rings is 2. The quantitative estimate of drug-likeness (QED) is 0.635. The number of urea groups is 1. The van der Waals surface area contributed by atoms with Gasteiger partial charge in [0, 0.05) is 18.2 Å². The van der Waals surface area contributed by atoms with Gasteiger partial charge in [-0.1, -0.05) is 18.2 Å². The molecule has 1 aliphatic carbocycles. The van der Waals surface area contributed by atoms with Gasteiger partial charge in [0.1, 0.15) is 0 Å². The lowest BCUT2D eigenvalue weighted by atomic mass is 10.1. The lowest BCUT2D eigenvalue weighted by Gasteiger charge is -2.16. The maximum atomic E-state index is 12.2. The highest BCUT2D eigenvalue weighted by Crippen LogP contribution is 2.30. The summed E-state index contributed by atoms with van der Waals surface area (Å²) in [6.07, 6.45) is 1.95. The number of carbonyl (C=O) groups excluding carboxylic acids is 2. The zero-order valence-corrected chi connectivity index (χ0v) is 17.0. The van der Waals surface area contributed by atoms with Gasteiger partial charge in [-0.2, -0.15) is 0 Å². The van der Waals surface area contributed by atoms with Crippen molar-refractivity contribution in [3.63, 3.8) is 0 Å². The molecule has 0 saturated heterocycles. The molecule has 1 fully saturated rings. The predicted octanol–water partition coefficient (Wildman–Crippen LogP) is 3.61. The van der Waals surface area contributed by atoms with Gasteiger partial charge in [0.05, 0.1) is 20.3 Å². The average molecular weight is 397 g/mol. The first-order chi connectivity index (χ1) is 14.0. The first-order valence-corrected chi connectivity index (χ1v) is 9.66. The van der Waals surface area contributed by atoms with E-state index in [1.54, 1.807) is 20.3 Å². The van der Waals surface area contributed by atoms with Crippen molar-refractivity contribution in [2.75, 3.05) is 19.5 Å². The van der Waals surface area contributed by atoms with Crippen molar-refractivity contribution < 1.29 is 19.1 Å². The molecule has 0 aromatic heterocycles. The standard InChI is InChI=1S/C22H27N3O4/c1-14(16-7-9-18(10-8-16)25-21(26)17-5-6-17)24-22(27)23-13-15-4-11-19(28-2)20(12-15)29-3/h4,7-12,14,17H,5-6,13H2,1-3H3,(H,25,26)(H2,23,24,27)/t14-/m1/s1. The highest BCUT2D eigenvalue weighted by atomic mass is 16.5. The summed E-state index contributed by atoms with van der Waals surface area (Å²) >= 11 is 0. The highest BCUT2D eigenvalue weighted by Gasteiger charge is 2.29. The Balaban J connectivity index is 1.49. The van der Waals surface area contributed by atoms with Gasteiger partial charge < -0.3 is 25.4 Å². The number of nitrogens with one attached hydrogen (secondary N) is 3. The molecule has 1 atom stereocenters.